The number of rotatable bonds is 3. The van der Waals surface area contributed by atoms with Crippen LogP contribution in [0, 0.1) is 11.8 Å². The maximum Gasteiger partial charge on any atom is 0.248 e. The molecule has 3 atom stereocenters. The molecule has 92 valence electrons. The SMILES string of the molecule is NC(=O)C(O)CN1C(=O)[C@H]2CC=CC[C@H]2C1=O. The predicted molar refractivity (Wildman–Crippen MR) is 57.3 cm³/mol. The number of imide groups is 1. The molecule has 3 N–H and O–H groups in total. The summed E-state index contributed by atoms with van der Waals surface area (Å²) in [6.07, 6.45) is 3.34. The largest absolute Gasteiger partial charge is 0.381 e. The summed E-state index contributed by atoms with van der Waals surface area (Å²) >= 11 is 0. The van der Waals surface area contributed by atoms with Crippen molar-refractivity contribution in [2.24, 2.45) is 17.6 Å². The number of likely N-dealkylation sites (tertiary alicyclic amines) is 1. The van der Waals surface area contributed by atoms with Crippen LogP contribution in [0.1, 0.15) is 12.8 Å². The normalized spacial score (nSPS) is 29.4. The van der Waals surface area contributed by atoms with Crippen molar-refractivity contribution >= 4 is 17.7 Å². The van der Waals surface area contributed by atoms with Crippen LogP contribution in [-0.2, 0) is 14.4 Å². The molecule has 3 amide bonds. The number of fused-ring (bicyclic) bond motifs is 1. The monoisotopic (exact) mass is 238 g/mol. The smallest absolute Gasteiger partial charge is 0.248 e. The molecule has 0 spiro atoms. The minimum atomic E-state index is -1.49. The molecule has 0 radical (unpaired) electrons. The number of carbonyl (C=O) groups excluding carboxylic acids is 3. The van der Waals surface area contributed by atoms with E-state index >= 15 is 0 Å². The van der Waals surface area contributed by atoms with Gasteiger partial charge < -0.3 is 10.8 Å². The molecule has 1 unspecified atom stereocenters. The number of primary amides is 1. The van der Waals surface area contributed by atoms with Crippen LogP contribution in [0.2, 0.25) is 0 Å². The van der Waals surface area contributed by atoms with Crippen LogP contribution < -0.4 is 5.73 Å². The fourth-order valence-corrected chi connectivity index (χ4v) is 2.31. The van der Waals surface area contributed by atoms with Crippen molar-refractivity contribution in [3.63, 3.8) is 0 Å². The zero-order chi connectivity index (χ0) is 12.6. The number of aliphatic hydroxyl groups is 1. The standard InChI is InChI=1S/C11H14N2O4/c12-9(15)8(14)5-13-10(16)6-3-1-2-4-7(6)11(13)17/h1-2,6-8,14H,3-5H2,(H2,12,15)/t6-,7+,8?. The molecule has 6 nitrogen and oxygen atoms in total. The fourth-order valence-electron chi connectivity index (χ4n) is 2.31. The van der Waals surface area contributed by atoms with Gasteiger partial charge in [0.15, 0.2) is 6.10 Å². The lowest BCUT2D eigenvalue weighted by Gasteiger charge is -2.16. The summed E-state index contributed by atoms with van der Waals surface area (Å²) in [6, 6.07) is 0. The first-order chi connectivity index (χ1) is 8.02. The highest BCUT2D eigenvalue weighted by atomic mass is 16.3. The van der Waals surface area contributed by atoms with Crippen molar-refractivity contribution in [2.45, 2.75) is 18.9 Å². The molecule has 1 saturated heterocycles. The second kappa shape index (κ2) is 4.29. The van der Waals surface area contributed by atoms with E-state index in [9.17, 15) is 19.5 Å². The number of carbonyl (C=O) groups is 3. The minimum absolute atomic E-state index is 0.315. The lowest BCUT2D eigenvalue weighted by atomic mass is 9.85. The molecule has 2 aliphatic rings. The van der Waals surface area contributed by atoms with Crippen LogP contribution in [0.15, 0.2) is 12.2 Å². The number of aliphatic hydroxyl groups excluding tert-OH is 1. The number of β-amino-alcohol motifs (C(OH)–C–C–N with tert-alkyl or cyclic N) is 1. The number of amides is 3. The van der Waals surface area contributed by atoms with E-state index in [0.29, 0.717) is 12.8 Å². The van der Waals surface area contributed by atoms with Crippen molar-refractivity contribution in [3.05, 3.63) is 12.2 Å². The average molecular weight is 238 g/mol. The summed E-state index contributed by atoms with van der Waals surface area (Å²) in [7, 11) is 0. The molecule has 1 aliphatic heterocycles. The average Bonchev–Trinajstić information content (AvgIpc) is 2.55. The number of hydrogen-bond donors (Lipinski definition) is 2. The Morgan fingerprint density at radius 3 is 2.24 bits per heavy atom. The van der Waals surface area contributed by atoms with Crippen LogP contribution >= 0.6 is 0 Å². The summed E-state index contributed by atoms with van der Waals surface area (Å²) in [5, 5.41) is 9.32. The van der Waals surface area contributed by atoms with E-state index in [2.05, 4.69) is 0 Å². The molecular formula is C11H14N2O4. The summed E-state index contributed by atoms with van der Waals surface area (Å²) < 4.78 is 0. The Balaban J connectivity index is 2.13. The van der Waals surface area contributed by atoms with Gasteiger partial charge in [-0.15, -0.1) is 0 Å². The molecule has 6 heteroatoms. The van der Waals surface area contributed by atoms with Crippen molar-refractivity contribution in [1.29, 1.82) is 0 Å². The van der Waals surface area contributed by atoms with Gasteiger partial charge in [0.2, 0.25) is 17.7 Å². The van der Waals surface area contributed by atoms with Crippen molar-refractivity contribution in [1.82, 2.24) is 4.90 Å². The van der Waals surface area contributed by atoms with Gasteiger partial charge in [-0.05, 0) is 12.8 Å². The Labute approximate surface area is 98.1 Å². The van der Waals surface area contributed by atoms with E-state index in [4.69, 9.17) is 5.73 Å². The number of nitrogens with zero attached hydrogens (tertiary/aromatic N) is 1. The predicted octanol–water partition coefficient (Wildman–Crippen LogP) is -1.22. The third kappa shape index (κ3) is 1.95. The molecule has 0 aromatic rings. The van der Waals surface area contributed by atoms with E-state index in [0.717, 1.165) is 4.90 Å². The Morgan fingerprint density at radius 2 is 1.82 bits per heavy atom. The van der Waals surface area contributed by atoms with Gasteiger partial charge in [0.1, 0.15) is 0 Å². The molecule has 2 rings (SSSR count). The molecule has 0 bridgehead atoms. The highest BCUT2D eigenvalue weighted by molar-refractivity contribution is 6.05. The van der Waals surface area contributed by atoms with Gasteiger partial charge in [-0.1, -0.05) is 12.2 Å². The highest BCUT2D eigenvalue weighted by Gasteiger charge is 2.47. The van der Waals surface area contributed by atoms with Crippen LogP contribution in [0.25, 0.3) is 0 Å². The zero-order valence-corrected chi connectivity index (χ0v) is 9.20. The fraction of sp³-hybridized carbons (Fsp3) is 0.545. The Morgan fingerprint density at radius 1 is 1.35 bits per heavy atom. The Bertz CT molecular complexity index is 378. The maximum absolute atomic E-state index is 11.9. The Hall–Kier alpha value is -1.69. The van der Waals surface area contributed by atoms with Crippen molar-refractivity contribution < 1.29 is 19.5 Å². The first kappa shape index (κ1) is 11.8. The number of allylic oxidation sites excluding steroid dienone is 2. The van der Waals surface area contributed by atoms with Crippen LogP contribution in [0.4, 0.5) is 0 Å². The van der Waals surface area contributed by atoms with Gasteiger partial charge in [0.25, 0.3) is 0 Å². The van der Waals surface area contributed by atoms with Crippen LogP contribution in [-0.4, -0.2) is 40.4 Å². The Kier molecular flexibility index (Phi) is 2.97. The molecule has 17 heavy (non-hydrogen) atoms. The third-order valence-corrected chi connectivity index (χ3v) is 3.28. The second-order valence-electron chi connectivity index (χ2n) is 4.36. The molecule has 0 saturated carbocycles. The van der Waals surface area contributed by atoms with E-state index in [1.807, 2.05) is 12.2 Å². The number of hydrogen-bond acceptors (Lipinski definition) is 4. The zero-order valence-electron chi connectivity index (χ0n) is 9.20. The van der Waals surface area contributed by atoms with Gasteiger partial charge in [0.05, 0.1) is 18.4 Å². The highest BCUT2D eigenvalue weighted by Crippen LogP contribution is 2.34. The first-order valence-electron chi connectivity index (χ1n) is 5.50. The lowest BCUT2D eigenvalue weighted by molar-refractivity contribution is -0.142. The summed E-state index contributed by atoms with van der Waals surface area (Å²) in [6.45, 7) is -0.333. The summed E-state index contributed by atoms with van der Waals surface area (Å²) in [4.78, 5) is 35.5. The van der Waals surface area contributed by atoms with Gasteiger partial charge in [-0.25, -0.2) is 0 Å². The molecule has 1 aliphatic carbocycles. The van der Waals surface area contributed by atoms with Crippen molar-refractivity contribution in [3.8, 4) is 0 Å². The van der Waals surface area contributed by atoms with Gasteiger partial charge in [-0.2, -0.15) is 0 Å². The molecule has 1 fully saturated rings. The molecule has 0 aromatic carbocycles. The summed E-state index contributed by atoms with van der Waals surface area (Å²) in [5.41, 5.74) is 4.90. The summed E-state index contributed by atoms with van der Waals surface area (Å²) in [5.74, 6) is -2.24. The quantitative estimate of drug-likeness (QED) is 0.475. The molecule has 1 heterocycles. The van der Waals surface area contributed by atoms with E-state index in [-0.39, 0.29) is 30.2 Å². The van der Waals surface area contributed by atoms with E-state index in [1.54, 1.807) is 0 Å². The third-order valence-electron chi connectivity index (χ3n) is 3.28. The van der Waals surface area contributed by atoms with E-state index < -0.39 is 12.0 Å². The van der Waals surface area contributed by atoms with Gasteiger partial charge in [0, 0.05) is 0 Å². The second-order valence-corrected chi connectivity index (χ2v) is 4.36. The maximum atomic E-state index is 11.9. The first-order valence-corrected chi connectivity index (χ1v) is 5.50. The molecule has 0 aromatic heterocycles. The van der Waals surface area contributed by atoms with Gasteiger partial charge >= 0.3 is 0 Å². The topological polar surface area (TPSA) is 101 Å². The number of nitrogens with two attached hydrogens (primary N) is 1. The van der Waals surface area contributed by atoms with Crippen molar-refractivity contribution in [2.75, 3.05) is 6.54 Å². The van der Waals surface area contributed by atoms with Crippen LogP contribution in [0.5, 0.6) is 0 Å². The van der Waals surface area contributed by atoms with E-state index in [1.165, 1.54) is 0 Å². The minimum Gasteiger partial charge on any atom is -0.381 e. The lowest BCUT2D eigenvalue weighted by Crippen LogP contribution is -2.43. The van der Waals surface area contributed by atoms with Crippen LogP contribution in [0.3, 0.4) is 0 Å². The molecular weight excluding hydrogens is 224 g/mol. The van der Waals surface area contributed by atoms with Gasteiger partial charge in [-0.3, -0.25) is 19.3 Å².